The van der Waals surface area contributed by atoms with E-state index in [0.29, 0.717) is 12.1 Å². The van der Waals surface area contributed by atoms with Gasteiger partial charge in [0.05, 0.1) is 4.92 Å². The highest BCUT2D eigenvalue weighted by Crippen LogP contribution is 2.23. The van der Waals surface area contributed by atoms with Gasteiger partial charge in [0.1, 0.15) is 17.4 Å². The Morgan fingerprint density at radius 3 is 2.33 bits per heavy atom. The van der Waals surface area contributed by atoms with Crippen molar-refractivity contribution < 1.29 is 28.4 Å². The SMILES string of the molecule is CC(C)[C@H](NC(=O)c1c(F)ccc([N+](=O)[O-])c1F)C(=O)O. The fourth-order valence-electron chi connectivity index (χ4n) is 1.62. The minimum Gasteiger partial charge on any atom is -0.480 e. The minimum absolute atomic E-state index is 0.545. The maximum atomic E-state index is 13.8. The van der Waals surface area contributed by atoms with Gasteiger partial charge in [-0.25, -0.2) is 9.18 Å². The lowest BCUT2D eigenvalue weighted by atomic mass is 10.0. The first-order chi connectivity index (χ1) is 9.66. The van der Waals surface area contributed by atoms with E-state index in [0.717, 1.165) is 0 Å². The molecule has 0 bridgehead atoms. The number of benzene rings is 1. The molecule has 0 radical (unpaired) electrons. The van der Waals surface area contributed by atoms with Crippen LogP contribution in [0.1, 0.15) is 24.2 Å². The number of amides is 1. The highest BCUT2D eigenvalue weighted by atomic mass is 19.1. The maximum Gasteiger partial charge on any atom is 0.326 e. The Bertz CT molecular complexity index is 604. The van der Waals surface area contributed by atoms with E-state index < -0.39 is 51.6 Å². The number of nitro groups is 1. The molecule has 9 heteroatoms. The molecule has 114 valence electrons. The summed E-state index contributed by atoms with van der Waals surface area (Å²) in [6.07, 6.45) is 0. The highest BCUT2D eigenvalue weighted by Gasteiger charge is 2.30. The van der Waals surface area contributed by atoms with E-state index in [9.17, 15) is 28.5 Å². The second kappa shape index (κ2) is 6.25. The number of carbonyl (C=O) groups excluding carboxylic acids is 1. The summed E-state index contributed by atoms with van der Waals surface area (Å²) < 4.78 is 27.3. The predicted octanol–water partition coefficient (Wildman–Crippen LogP) is 1.71. The topological polar surface area (TPSA) is 110 Å². The van der Waals surface area contributed by atoms with E-state index in [1.807, 2.05) is 5.32 Å². The number of rotatable bonds is 5. The lowest BCUT2D eigenvalue weighted by Gasteiger charge is -2.18. The van der Waals surface area contributed by atoms with E-state index in [1.165, 1.54) is 13.8 Å². The zero-order valence-electron chi connectivity index (χ0n) is 11.1. The molecule has 0 aliphatic rings. The normalized spacial score (nSPS) is 12.0. The van der Waals surface area contributed by atoms with Gasteiger partial charge in [-0.1, -0.05) is 13.8 Å². The summed E-state index contributed by atoms with van der Waals surface area (Å²) in [6.45, 7) is 2.97. The Balaban J connectivity index is 3.21. The molecule has 1 atom stereocenters. The zero-order chi connectivity index (χ0) is 16.3. The number of nitrogens with one attached hydrogen (secondary N) is 1. The fourth-order valence-corrected chi connectivity index (χ4v) is 1.62. The summed E-state index contributed by atoms with van der Waals surface area (Å²) in [6, 6.07) is -0.226. The molecule has 0 saturated carbocycles. The molecule has 1 aromatic rings. The van der Waals surface area contributed by atoms with Gasteiger partial charge in [0.2, 0.25) is 5.82 Å². The summed E-state index contributed by atoms with van der Waals surface area (Å²) in [5.74, 6) is -6.26. The van der Waals surface area contributed by atoms with Gasteiger partial charge >= 0.3 is 11.7 Å². The van der Waals surface area contributed by atoms with Crippen LogP contribution in [0.3, 0.4) is 0 Å². The Hall–Kier alpha value is -2.58. The number of carbonyl (C=O) groups is 2. The second-order valence-electron chi connectivity index (χ2n) is 4.55. The lowest BCUT2D eigenvalue weighted by molar-refractivity contribution is -0.387. The molecule has 0 saturated heterocycles. The largest absolute Gasteiger partial charge is 0.480 e. The van der Waals surface area contributed by atoms with Crippen LogP contribution in [0, 0.1) is 27.7 Å². The quantitative estimate of drug-likeness (QED) is 0.635. The van der Waals surface area contributed by atoms with Gasteiger partial charge in [-0.2, -0.15) is 4.39 Å². The van der Waals surface area contributed by atoms with Crippen molar-refractivity contribution in [1.82, 2.24) is 5.32 Å². The van der Waals surface area contributed by atoms with Gasteiger partial charge in [-0.05, 0) is 12.0 Å². The van der Waals surface area contributed by atoms with Crippen molar-refractivity contribution in [2.45, 2.75) is 19.9 Å². The van der Waals surface area contributed by atoms with Gasteiger partial charge in [0.25, 0.3) is 5.91 Å². The van der Waals surface area contributed by atoms with Crippen LogP contribution in [-0.4, -0.2) is 27.9 Å². The van der Waals surface area contributed by atoms with Gasteiger partial charge in [0, 0.05) is 6.07 Å². The van der Waals surface area contributed by atoms with Crippen LogP contribution >= 0.6 is 0 Å². The molecule has 1 rings (SSSR count). The number of carboxylic acid groups (broad SMARTS) is 1. The minimum atomic E-state index is -1.65. The zero-order valence-corrected chi connectivity index (χ0v) is 11.1. The summed E-state index contributed by atoms with van der Waals surface area (Å²) in [5, 5.41) is 21.4. The first-order valence-electron chi connectivity index (χ1n) is 5.82. The highest BCUT2D eigenvalue weighted by molar-refractivity contribution is 5.97. The van der Waals surface area contributed by atoms with Crippen LogP contribution in [0.25, 0.3) is 0 Å². The van der Waals surface area contributed by atoms with Crippen molar-refractivity contribution in [3.8, 4) is 0 Å². The number of hydrogen-bond acceptors (Lipinski definition) is 4. The first-order valence-corrected chi connectivity index (χ1v) is 5.82. The fraction of sp³-hybridized carbons (Fsp3) is 0.333. The molecule has 7 nitrogen and oxygen atoms in total. The molecular weight excluding hydrogens is 290 g/mol. The van der Waals surface area contributed by atoms with Crippen molar-refractivity contribution >= 4 is 17.6 Å². The smallest absolute Gasteiger partial charge is 0.326 e. The third kappa shape index (κ3) is 3.50. The molecule has 1 aromatic carbocycles. The van der Waals surface area contributed by atoms with E-state index in [1.54, 1.807) is 0 Å². The second-order valence-corrected chi connectivity index (χ2v) is 4.55. The number of halogens is 2. The van der Waals surface area contributed by atoms with Crippen molar-refractivity contribution in [1.29, 1.82) is 0 Å². The molecule has 0 aromatic heterocycles. The van der Waals surface area contributed by atoms with Crippen molar-refractivity contribution in [3.05, 3.63) is 39.4 Å². The number of hydrogen-bond donors (Lipinski definition) is 2. The van der Waals surface area contributed by atoms with Crippen LogP contribution in [0.2, 0.25) is 0 Å². The molecule has 0 aliphatic carbocycles. The maximum absolute atomic E-state index is 13.8. The molecule has 0 spiro atoms. The third-order valence-corrected chi connectivity index (χ3v) is 2.71. The van der Waals surface area contributed by atoms with Crippen molar-refractivity contribution in [2.75, 3.05) is 0 Å². The Morgan fingerprint density at radius 1 is 1.33 bits per heavy atom. The molecule has 21 heavy (non-hydrogen) atoms. The summed E-state index contributed by atoms with van der Waals surface area (Å²) in [7, 11) is 0. The third-order valence-electron chi connectivity index (χ3n) is 2.71. The van der Waals surface area contributed by atoms with Gasteiger partial charge < -0.3 is 10.4 Å². The molecule has 0 unspecified atom stereocenters. The average molecular weight is 302 g/mol. The van der Waals surface area contributed by atoms with Crippen molar-refractivity contribution in [3.63, 3.8) is 0 Å². The van der Waals surface area contributed by atoms with E-state index in [-0.39, 0.29) is 0 Å². The molecule has 1 amide bonds. The number of aliphatic carboxylic acids is 1. The molecule has 0 aliphatic heterocycles. The Morgan fingerprint density at radius 2 is 1.90 bits per heavy atom. The number of nitrogens with zero attached hydrogens (tertiary/aromatic N) is 1. The summed E-state index contributed by atoms with van der Waals surface area (Å²) >= 11 is 0. The van der Waals surface area contributed by atoms with Crippen LogP contribution in [-0.2, 0) is 4.79 Å². The van der Waals surface area contributed by atoms with Crippen LogP contribution in [0.4, 0.5) is 14.5 Å². The molecule has 0 heterocycles. The van der Waals surface area contributed by atoms with Crippen molar-refractivity contribution in [2.24, 2.45) is 5.92 Å². The average Bonchev–Trinajstić information content (AvgIpc) is 2.34. The lowest BCUT2D eigenvalue weighted by Crippen LogP contribution is -2.44. The van der Waals surface area contributed by atoms with Gasteiger partial charge in [-0.3, -0.25) is 14.9 Å². The van der Waals surface area contributed by atoms with Gasteiger partial charge in [0.15, 0.2) is 0 Å². The van der Waals surface area contributed by atoms with Gasteiger partial charge in [-0.15, -0.1) is 0 Å². The molecular formula is C12H12F2N2O5. The number of carboxylic acids is 1. The van der Waals surface area contributed by atoms with E-state index in [2.05, 4.69) is 0 Å². The predicted molar refractivity (Wildman–Crippen MR) is 66.7 cm³/mol. The number of nitro benzene ring substituents is 1. The van der Waals surface area contributed by atoms with E-state index in [4.69, 9.17) is 5.11 Å². The molecule has 0 fully saturated rings. The first kappa shape index (κ1) is 16.5. The van der Waals surface area contributed by atoms with Crippen LogP contribution < -0.4 is 5.32 Å². The Kier molecular flexibility index (Phi) is 4.90. The van der Waals surface area contributed by atoms with E-state index >= 15 is 0 Å². The van der Waals surface area contributed by atoms with Crippen LogP contribution in [0.5, 0.6) is 0 Å². The Labute approximate surface area is 117 Å². The molecule has 2 N–H and O–H groups in total. The monoisotopic (exact) mass is 302 g/mol. The summed E-state index contributed by atoms with van der Waals surface area (Å²) in [4.78, 5) is 32.2. The summed E-state index contributed by atoms with van der Waals surface area (Å²) in [5.41, 5.74) is -2.26. The van der Waals surface area contributed by atoms with Crippen LogP contribution in [0.15, 0.2) is 12.1 Å². The standard InChI is InChI=1S/C12H12F2N2O5/c1-5(2)10(12(18)19)15-11(17)8-6(13)3-4-7(9(8)14)16(20)21/h3-5,10H,1-2H3,(H,15,17)(H,18,19)/t10-/m0/s1.